The van der Waals surface area contributed by atoms with E-state index in [9.17, 15) is 19.2 Å². The normalized spacial score (nSPS) is 10.5. The Kier molecular flexibility index (Phi) is 12.9. The smallest absolute Gasteiger partial charge is 0.251 e. The van der Waals surface area contributed by atoms with Crippen molar-refractivity contribution >= 4 is 35.0 Å². The summed E-state index contributed by atoms with van der Waals surface area (Å²) in [7, 11) is 0. The summed E-state index contributed by atoms with van der Waals surface area (Å²) in [6, 6.07) is 33.2. The van der Waals surface area contributed by atoms with Crippen LogP contribution in [0.3, 0.4) is 0 Å². The van der Waals surface area contributed by atoms with Crippen molar-refractivity contribution < 1.29 is 19.2 Å². The minimum Gasteiger partial charge on any atom is -0.348 e. The number of unbranched alkanes of at least 4 members (excludes halogenated alkanes) is 4. The molecule has 4 amide bonds. The molecule has 0 atom stereocenters. The van der Waals surface area contributed by atoms with Gasteiger partial charge < -0.3 is 21.3 Å². The third kappa shape index (κ3) is 11.8. The molecule has 0 bridgehead atoms. The van der Waals surface area contributed by atoms with Crippen LogP contribution < -0.4 is 21.3 Å². The zero-order valence-electron chi connectivity index (χ0n) is 25.4. The molecule has 4 aromatic carbocycles. The number of amides is 4. The Morgan fingerprint density at radius 2 is 0.844 bits per heavy atom. The second-order valence-corrected chi connectivity index (χ2v) is 10.9. The summed E-state index contributed by atoms with van der Waals surface area (Å²) in [4.78, 5) is 49.9. The van der Waals surface area contributed by atoms with E-state index in [1.807, 2.05) is 60.7 Å². The van der Waals surface area contributed by atoms with Crippen LogP contribution in [0, 0.1) is 0 Å². The molecule has 45 heavy (non-hydrogen) atoms. The standard InChI is InChI=1S/C37H40N4O4/c42-34(40-32-20-12-18-30(24-32)36(44)38-26-28-14-6-4-7-15-28)22-10-2-1-3-11-23-35(43)41-33-21-13-19-31(25-33)37(45)39-27-29-16-8-5-9-17-29/h4-9,12-21,24-25H,1-3,10-11,22-23,26-27H2,(H,38,44)(H,39,45)(H,40,42)(H,41,43). The highest BCUT2D eigenvalue weighted by Gasteiger charge is 2.10. The van der Waals surface area contributed by atoms with Gasteiger partial charge >= 0.3 is 0 Å². The fourth-order valence-electron chi connectivity index (χ4n) is 4.79. The first-order chi connectivity index (χ1) is 22.0. The minimum absolute atomic E-state index is 0.0906. The van der Waals surface area contributed by atoms with Crippen molar-refractivity contribution in [3.63, 3.8) is 0 Å². The molecule has 4 aromatic rings. The zero-order chi connectivity index (χ0) is 31.7. The number of benzene rings is 4. The Balaban J connectivity index is 1.07. The van der Waals surface area contributed by atoms with Gasteiger partial charge in [-0.15, -0.1) is 0 Å². The molecule has 0 fully saturated rings. The highest BCUT2D eigenvalue weighted by Crippen LogP contribution is 2.15. The maximum atomic E-state index is 12.5. The van der Waals surface area contributed by atoms with Crippen LogP contribution in [0.1, 0.15) is 76.8 Å². The average molecular weight is 605 g/mol. The van der Waals surface area contributed by atoms with Gasteiger partial charge in [-0.1, -0.05) is 92.1 Å². The molecule has 0 aromatic heterocycles. The number of rotatable bonds is 16. The number of hydrogen-bond donors (Lipinski definition) is 4. The Morgan fingerprint density at radius 1 is 0.444 bits per heavy atom. The molecule has 8 heteroatoms. The molecule has 0 saturated carbocycles. The van der Waals surface area contributed by atoms with E-state index < -0.39 is 0 Å². The maximum absolute atomic E-state index is 12.5. The summed E-state index contributed by atoms with van der Waals surface area (Å²) in [6.45, 7) is 0.871. The molecule has 4 N–H and O–H groups in total. The summed E-state index contributed by atoms with van der Waals surface area (Å²) in [6.07, 6.45) is 4.96. The predicted molar refractivity (Wildman–Crippen MR) is 178 cm³/mol. The Bertz CT molecular complexity index is 1440. The first-order valence-electron chi connectivity index (χ1n) is 15.4. The van der Waals surface area contributed by atoms with Gasteiger partial charge in [0.05, 0.1) is 0 Å². The van der Waals surface area contributed by atoms with E-state index in [-0.39, 0.29) is 23.6 Å². The van der Waals surface area contributed by atoms with E-state index in [0.29, 0.717) is 48.4 Å². The fraction of sp³-hybridized carbons (Fsp3) is 0.243. The molecular formula is C37H40N4O4. The van der Waals surface area contributed by atoms with Crippen LogP contribution in [-0.2, 0) is 22.7 Å². The third-order valence-corrected chi connectivity index (χ3v) is 7.22. The first kappa shape index (κ1) is 32.7. The molecule has 0 aliphatic heterocycles. The van der Waals surface area contributed by atoms with Crippen molar-refractivity contribution in [1.82, 2.24) is 10.6 Å². The van der Waals surface area contributed by atoms with Gasteiger partial charge in [-0.3, -0.25) is 19.2 Å². The SMILES string of the molecule is O=C(CCCCCCCC(=O)Nc1cccc(C(=O)NCc2ccccc2)c1)Nc1cccc(C(=O)NCc2ccccc2)c1. The minimum atomic E-state index is -0.195. The van der Waals surface area contributed by atoms with Crippen molar-refractivity contribution in [2.45, 2.75) is 58.0 Å². The van der Waals surface area contributed by atoms with E-state index in [4.69, 9.17) is 0 Å². The van der Waals surface area contributed by atoms with Crippen LogP contribution in [0.15, 0.2) is 109 Å². The quantitative estimate of drug-likeness (QED) is 0.105. The van der Waals surface area contributed by atoms with E-state index in [1.54, 1.807) is 48.5 Å². The third-order valence-electron chi connectivity index (χ3n) is 7.22. The van der Waals surface area contributed by atoms with E-state index in [2.05, 4.69) is 21.3 Å². The van der Waals surface area contributed by atoms with Crippen molar-refractivity contribution in [3.05, 3.63) is 131 Å². The Morgan fingerprint density at radius 3 is 1.27 bits per heavy atom. The second-order valence-electron chi connectivity index (χ2n) is 10.9. The number of hydrogen-bond acceptors (Lipinski definition) is 4. The van der Waals surface area contributed by atoms with Crippen molar-refractivity contribution in [2.24, 2.45) is 0 Å². The van der Waals surface area contributed by atoms with Crippen LogP contribution in [0.5, 0.6) is 0 Å². The lowest BCUT2D eigenvalue weighted by atomic mass is 10.1. The Labute approximate surface area is 264 Å². The molecular weight excluding hydrogens is 564 g/mol. The van der Waals surface area contributed by atoms with Crippen molar-refractivity contribution in [3.8, 4) is 0 Å². The molecule has 0 unspecified atom stereocenters. The van der Waals surface area contributed by atoms with Gasteiger partial charge in [-0.25, -0.2) is 0 Å². The Hall–Kier alpha value is -5.24. The topological polar surface area (TPSA) is 116 Å². The number of nitrogens with one attached hydrogen (secondary N) is 4. The molecule has 0 saturated heterocycles. The van der Waals surface area contributed by atoms with Crippen LogP contribution in [0.25, 0.3) is 0 Å². The highest BCUT2D eigenvalue weighted by molar-refractivity contribution is 5.98. The van der Waals surface area contributed by atoms with Crippen molar-refractivity contribution in [2.75, 3.05) is 10.6 Å². The van der Waals surface area contributed by atoms with Crippen LogP contribution in [0.4, 0.5) is 11.4 Å². The van der Waals surface area contributed by atoms with E-state index >= 15 is 0 Å². The highest BCUT2D eigenvalue weighted by atomic mass is 16.2. The molecule has 0 radical (unpaired) electrons. The number of carbonyl (C=O) groups excluding carboxylic acids is 4. The molecule has 0 heterocycles. The molecule has 0 aliphatic rings. The lowest BCUT2D eigenvalue weighted by molar-refractivity contribution is -0.117. The van der Waals surface area contributed by atoms with Gasteiger partial charge in [0.15, 0.2) is 0 Å². The van der Waals surface area contributed by atoms with Crippen LogP contribution in [-0.4, -0.2) is 23.6 Å². The summed E-state index contributed by atoms with van der Waals surface area (Å²) in [5, 5.41) is 11.6. The second kappa shape index (κ2) is 17.8. The fourth-order valence-corrected chi connectivity index (χ4v) is 4.79. The zero-order valence-corrected chi connectivity index (χ0v) is 25.4. The summed E-state index contributed by atoms with van der Waals surface area (Å²) in [5.74, 6) is -0.572. The lowest BCUT2D eigenvalue weighted by Gasteiger charge is -2.09. The van der Waals surface area contributed by atoms with Crippen LogP contribution in [0.2, 0.25) is 0 Å². The molecule has 8 nitrogen and oxygen atoms in total. The maximum Gasteiger partial charge on any atom is 0.251 e. The first-order valence-corrected chi connectivity index (χ1v) is 15.4. The van der Waals surface area contributed by atoms with E-state index in [1.165, 1.54) is 0 Å². The predicted octanol–water partition coefficient (Wildman–Crippen LogP) is 6.85. The van der Waals surface area contributed by atoms with Gasteiger partial charge in [-0.2, -0.15) is 0 Å². The summed E-state index contributed by atoms with van der Waals surface area (Å²) in [5.41, 5.74) is 4.20. The summed E-state index contributed by atoms with van der Waals surface area (Å²) >= 11 is 0. The molecule has 0 aliphatic carbocycles. The molecule has 232 valence electrons. The van der Waals surface area contributed by atoms with Gasteiger partial charge in [0.2, 0.25) is 11.8 Å². The van der Waals surface area contributed by atoms with Gasteiger partial charge in [-0.05, 0) is 60.4 Å². The van der Waals surface area contributed by atoms with Gasteiger partial charge in [0.25, 0.3) is 11.8 Å². The average Bonchev–Trinajstić information content (AvgIpc) is 3.07. The largest absolute Gasteiger partial charge is 0.348 e. The van der Waals surface area contributed by atoms with E-state index in [0.717, 1.165) is 43.2 Å². The van der Waals surface area contributed by atoms with Gasteiger partial charge in [0, 0.05) is 48.4 Å². The van der Waals surface area contributed by atoms with Crippen LogP contribution >= 0.6 is 0 Å². The lowest BCUT2D eigenvalue weighted by Crippen LogP contribution is -2.23. The van der Waals surface area contributed by atoms with Gasteiger partial charge in [0.1, 0.15) is 0 Å². The summed E-state index contributed by atoms with van der Waals surface area (Å²) < 4.78 is 0. The molecule has 0 spiro atoms. The van der Waals surface area contributed by atoms with Crippen molar-refractivity contribution in [1.29, 1.82) is 0 Å². The number of carbonyl (C=O) groups is 4. The molecule has 4 rings (SSSR count). The number of anilines is 2. The monoisotopic (exact) mass is 604 g/mol.